The third kappa shape index (κ3) is 3.93. The minimum atomic E-state index is -4.71. The fourth-order valence-electron chi connectivity index (χ4n) is 3.25. The maximum Gasteiger partial charge on any atom is 0.416 e. The molecule has 1 heterocycles. The molecule has 146 valence electrons. The van der Waals surface area contributed by atoms with Crippen LogP contribution >= 0.6 is 0 Å². The highest BCUT2D eigenvalue weighted by Gasteiger charge is 2.34. The summed E-state index contributed by atoms with van der Waals surface area (Å²) in [4.78, 5) is 12.8. The normalized spacial score (nSPS) is 11.5. The van der Waals surface area contributed by atoms with E-state index in [2.05, 4.69) is 5.32 Å². The van der Waals surface area contributed by atoms with Crippen LogP contribution in [0.5, 0.6) is 0 Å². The number of benzene rings is 2. The Labute approximate surface area is 159 Å². The predicted octanol–water partition coefficient (Wildman–Crippen LogP) is 5.09. The Bertz CT molecular complexity index is 1010. The molecule has 3 aromatic rings. The van der Waals surface area contributed by atoms with Crippen molar-refractivity contribution in [2.45, 2.75) is 19.6 Å². The summed E-state index contributed by atoms with van der Waals surface area (Å²) in [7, 11) is 1.70. The van der Waals surface area contributed by atoms with Gasteiger partial charge in [0.15, 0.2) is 0 Å². The van der Waals surface area contributed by atoms with E-state index in [0.29, 0.717) is 11.8 Å². The van der Waals surface area contributed by atoms with Gasteiger partial charge in [-0.05, 0) is 35.7 Å². The summed E-state index contributed by atoms with van der Waals surface area (Å²) >= 11 is 0. The van der Waals surface area contributed by atoms with Crippen LogP contribution in [0.2, 0.25) is 0 Å². The number of nitrogens with zero attached hydrogens (tertiary/aromatic N) is 1. The minimum Gasteiger partial charge on any atom is -0.347 e. The first-order chi connectivity index (χ1) is 13.2. The van der Waals surface area contributed by atoms with E-state index in [1.807, 2.05) is 37.3 Å². The zero-order valence-corrected chi connectivity index (χ0v) is 15.3. The quantitative estimate of drug-likeness (QED) is 0.619. The predicted molar refractivity (Wildman–Crippen MR) is 98.2 cm³/mol. The Morgan fingerprint density at radius 3 is 2.43 bits per heavy atom. The van der Waals surface area contributed by atoms with E-state index < -0.39 is 23.5 Å². The van der Waals surface area contributed by atoms with Crippen molar-refractivity contribution in [3.05, 3.63) is 82.9 Å². The largest absolute Gasteiger partial charge is 0.416 e. The van der Waals surface area contributed by atoms with Crippen molar-refractivity contribution in [1.82, 2.24) is 9.88 Å². The van der Waals surface area contributed by atoms with Crippen molar-refractivity contribution in [3.63, 3.8) is 0 Å². The number of hydrogen-bond acceptors (Lipinski definition) is 1. The van der Waals surface area contributed by atoms with Gasteiger partial charge in [-0.15, -0.1) is 0 Å². The first-order valence-corrected chi connectivity index (χ1v) is 8.53. The molecule has 7 heteroatoms. The summed E-state index contributed by atoms with van der Waals surface area (Å²) in [6.45, 7) is 1.49. The van der Waals surface area contributed by atoms with Gasteiger partial charge in [0.05, 0.1) is 5.56 Å². The second kappa shape index (κ2) is 7.50. The maximum absolute atomic E-state index is 13.2. The average Bonchev–Trinajstić information content (AvgIpc) is 2.94. The summed E-state index contributed by atoms with van der Waals surface area (Å²) < 4.78 is 54.3. The lowest BCUT2D eigenvalue weighted by atomic mass is 10.0. The summed E-state index contributed by atoms with van der Waals surface area (Å²) in [5.41, 5.74) is 1.48. The number of aromatic nitrogens is 1. The maximum atomic E-state index is 13.2. The molecule has 1 amide bonds. The van der Waals surface area contributed by atoms with E-state index in [0.717, 1.165) is 28.8 Å². The molecule has 3 rings (SSSR count). The number of hydrogen-bond donors (Lipinski definition) is 1. The van der Waals surface area contributed by atoms with Crippen molar-refractivity contribution >= 4 is 5.91 Å². The standard InChI is InChI=1S/C21H18F4N2O/c1-13-12-27(2)19(18(13)14-6-4-3-5-7-14)20(28)26-11-15-8-9-16(22)10-17(15)21(23,24)25/h3-10,12H,11H2,1-2H3,(H,26,28). The molecule has 0 aliphatic heterocycles. The minimum absolute atomic E-state index is 0.200. The molecule has 0 radical (unpaired) electrons. The van der Waals surface area contributed by atoms with Crippen LogP contribution in [0.3, 0.4) is 0 Å². The lowest BCUT2D eigenvalue weighted by Crippen LogP contribution is -2.26. The van der Waals surface area contributed by atoms with E-state index in [1.54, 1.807) is 17.8 Å². The molecule has 0 spiro atoms. The molecule has 0 unspecified atom stereocenters. The van der Waals surface area contributed by atoms with Crippen LogP contribution in [-0.4, -0.2) is 10.5 Å². The summed E-state index contributed by atoms with van der Waals surface area (Å²) in [6, 6.07) is 11.7. The summed E-state index contributed by atoms with van der Waals surface area (Å²) in [5, 5.41) is 2.53. The molecule has 3 nitrogen and oxygen atoms in total. The van der Waals surface area contributed by atoms with Crippen LogP contribution in [0, 0.1) is 12.7 Å². The van der Waals surface area contributed by atoms with Gasteiger partial charge in [-0.1, -0.05) is 36.4 Å². The van der Waals surface area contributed by atoms with E-state index in [9.17, 15) is 22.4 Å². The third-order valence-corrected chi connectivity index (χ3v) is 4.47. The van der Waals surface area contributed by atoms with Gasteiger partial charge in [-0.2, -0.15) is 13.2 Å². The van der Waals surface area contributed by atoms with Crippen LogP contribution in [0.15, 0.2) is 54.7 Å². The molecule has 2 aromatic carbocycles. The number of amides is 1. The molecule has 1 aromatic heterocycles. The highest BCUT2D eigenvalue weighted by atomic mass is 19.4. The second-order valence-corrected chi connectivity index (χ2v) is 6.49. The van der Waals surface area contributed by atoms with Gasteiger partial charge in [0.2, 0.25) is 0 Å². The van der Waals surface area contributed by atoms with Gasteiger partial charge in [0.1, 0.15) is 11.5 Å². The topological polar surface area (TPSA) is 34.0 Å². The molecule has 0 bridgehead atoms. The fraction of sp³-hybridized carbons (Fsp3) is 0.190. The van der Waals surface area contributed by atoms with Gasteiger partial charge in [-0.3, -0.25) is 4.79 Å². The van der Waals surface area contributed by atoms with Gasteiger partial charge in [0, 0.05) is 25.4 Å². The Hall–Kier alpha value is -3.09. The van der Waals surface area contributed by atoms with E-state index in [-0.39, 0.29) is 12.1 Å². The van der Waals surface area contributed by atoms with Gasteiger partial charge >= 0.3 is 6.18 Å². The van der Waals surface area contributed by atoms with Crippen LogP contribution < -0.4 is 5.32 Å². The van der Waals surface area contributed by atoms with Crippen molar-refractivity contribution in [2.24, 2.45) is 7.05 Å². The van der Waals surface area contributed by atoms with Gasteiger partial charge < -0.3 is 9.88 Å². The number of carbonyl (C=O) groups excluding carboxylic acids is 1. The number of nitrogens with one attached hydrogen (secondary N) is 1. The van der Waals surface area contributed by atoms with Crippen LogP contribution in [0.1, 0.15) is 27.2 Å². The molecule has 28 heavy (non-hydrogen) atoms. The molecule has 0 fully saturated rings. The molecular weight excluding hydrogens is 372 g/mol. The number of alkyl halides is 3. The Kier molecular flexibility index (Phi) is 5.27. The lowest BCUT2D eigenvalue weighted by molar-refractivity contribution is -0.138. The van der Waals surface area contributed by atoms with Gasteiger partial charge in [0.25, 0.3) is 5.91 Å². The van der Waals surface area contributed by atoms with Crippen molar-refractivity contribution in [3.8, 4) is 11.1 Å². The first kappa shape index (κ1) is 19.7. The van der Waals surface area contributed by atoms with Crippen molar-refractivity contribution < 1.29 is 22.4 Å². The number of aryl methyl sites for hydroxylation is 2. The van der Waals surface area contributed by atoms with Crippen LogP contribution in [0.4, 0.5) is 17.6 Å². The average molecular weight is 390 g/mol. The number of carbonyl (C=O) groups is 1. The van der Waals surface area contributed by atoms with Crippen molar-refractivity contribution in [1.29, 1.82) is 0 Å². The van der Waals surface area contributed by atoms with E-state index in [4.69, 9.17) is 0 Å². The summed E-state index contributed by atoms with van der Waals surface area (Å²) in [6.07, 6.45) is -2.92. The third-order valence-electron chi connectivity index (χ3n) is 4.47. The molecule has 0 atom stereocenters. The van der Waals surface area contributed by atoms with Crippen LogP contribution in [0.25, 0.3) is 11.1 Å². The van der Waals surface area contributed by atoms with Crippen molar-refractivity contribution in [2.75, 3.05) is 0 Å². The molecule has 0 aliphatic rings. The molecule has 0 saturated heterocycles. The van der Waals surface area contributed by atoms with E-state index >= 15 is 0 Å². The highest BCUT2D eigenvalue weighted by molar-refractivity contribution is 6.00. The zero-order chi connectivity index (χ0) is 20.5. The summed E-state index contributed by atoms with van der Waals surface area (Å²) in [5.74, 6) is -1.49. The first-order valence-electron chi connectivity index (χ1n) is 8.53. The fourth-order valence-corrected chi connectivity index (χ4v) is 3.25. The SMILES string of the molecule is Cc1cn(C)c(C(=O)NCc2ccc(F)cc2C(F)(F)F)c1-c1ccccc1. The monoisotopic (exact) mass is 390 g/mol. The van der Waals surface area contributed by atoms with E-state index in [1.165, 1.54) is 0 Å². The molecule has 0 saturated carbocycles. The Morgan fingerprint density at radius 1 is 1.11 bits per heavy atom. The highest BCUT2D eigenvalue weighted by Crippen LogP contribution is 2.33. The zero-order valence-electron chi connectivity index (χ0n) is 15.3. The molecular formula is C21H18F4N2O. The number of halogens is 4. The Morgan fingerprint density at radius 2 is 1.79 bits per heavy atom. The number of rotatable bonds is 4. The van der Waals surface area contributed by atoms with Gasteiger partial charge in [-0.25, -0.2) is 4.39 Å². The molecule has 1 N–H and O–H groups in total. The molecule has 0 aliphatic carbocycles. The second-order valence-electron chi connectivity index (χ2n) is 6.49. The Balaban J connectivity index is 1.90. The lowest BCUT2D eigenvalue weighted by Gasteiger charge is -2.14. The van der Waals surface area contributed by atoms with Crippen LogP contribution in [-0.2, 0) is 19.8 Å². The smallest absolute Gasteiger partial charge is 0.347 e.